The third-order valence-electron chi connectivity index (χ3n) is 6.74. The largest absolute Gasteiger partial charge is 0.334 e. The molecule has 0 radical (unpaired) electrons. The fraction of sp³-hybridized carbons (Fsp3) is 0.250. The number of hydrogen-bond donors (Lipinski definition) is 0. The molecule has 196 valence electrons. The van der Waals surface area contributed by atoms with Crippen LogP contribution in [0.1, 0.15) is 42.3 Å². The van der Waals surface area contributed by atoms with E-state index in [1.54, 1.807) is 43.3 Å². The Morgan fingerprint density at radius 2 is 1.58 bits per heavy atom. The Bertz CT molecular complexity index is 1590. The molecule has 1 saturated carbocycles. The molecule has 38 heavy (non-hydrogen) atoms. The van der Waals surface area contributed by atoms with Crippen LogP contribution >= 0.6 is 23.2 Å². The highest BCUT2D eigenvalue weighted by Crippen LogP contribution is 2.56. The number of carbonyl (C=O) groups excluding carboxylic acids is 1. The van der Waals surface area contributed by atoms with Gasteiger partial charge in [0.2, 0.25) is 0 Å². The van der Waals surface area contributed by atoms with Gasteiger partial charge in [-0.2, -0.15) is 4.98 Å². The van der Waals surface area contributed by atoms with Gasteiger partial charge < -0.3 is 4.52 Å². The maximum Gasteiger partial charge on any atom is 0.257 e. The SMILES string of the molecule is CCS(=O)(=O)c1ccc(CC(=O)Cc2cc(Cl)c(C3(c4noc(-c5ccc(F)cc5)n4)CC3)c(Cl)c2)cc1. The minimum atomic E-state index is -3.29. The van der Waals surface area contributed by atoms with Crippen molar-refractivity contribution >= 4 is 38.8 Å². The average molecular weight is 573 g/mol. The summed E-state index contributed by atoms with van der Waals surface area (Å²) in [4.78, 5) is 17.5. The predicted octanol–water partition coefficient (Wildman–Crippen LogP) is 6.41. The van der Waals surface area contributed by atoms with Crippen LogP contribution in [0.3, 0.4) is 0 Å². The van der Waals surface area contributed by atoms with Crippen molar-refractivity contribution < 1.29 is 22.1 Å². The molecular weight excluding hydrogens is 550 g/mol. The number of carbonyl (C=O) groups is 1. The number of benzene rings is 3. The quantitative estimate of drug-likeness (QED) is 0.230. The van der Waals surface area contributed by atoms with Gasteiger partial charge in [-0.05, 0) is 72.5 Å². The summed E-state index contributed by atoms with van der Waals surface area (Å²) in [7, 11) is -3.29. The lowest BCUT2D eigenvalue weighted by Crippen LogP contribution is -2.13. The number of nitrogens with zero attached hydrogens (tertiary/aromatic N) is 2. The van der Waals surface area contributed by atoms with Crippen molar-refractivity contribution in [3.05, 3.63) is 99.0 Å². The van der Waals surface area contributed by atoms with Crippen molar-refractivity contribution in [2.75, 3.05) is 5.75 Å². The molecule has 1 aliphatic rings. The van der Waals surface area contributed by atoms with Gasteiger partial charge in [-0.3, -0.25) is 4.79 Å². The summed E-state index contributed by atoms with van der Waals surface area (Å²) in [6, 6.07) is 15.6. The molecule has 0 bridgehead atoms. The minimum Gasteiger partial charge on any atom is -0.334 e. The Labute approximate surface area is 229 Å². The van der Waals surface area contributed by atoms with Crippen LogP contribution < -0.4 is 0 Å². The lowest BCUT2D eigenvalue weighted by Gasteiger charge is -2.16. The molecule has 0 unspecified atom stereocenters. The van der Waals surface area contributed by atoms with Crippen LogP contribution in [0, 0.1) is 5.82 Å². The zero-order valence-electron chi connectivity index (χ0n) is 20.4. The summed E-state index contributed by atoms with van der Waals surface area (Å²) in [5.41, 5.74) is 2.11. The molecule has 1 heterocycles. The van der Waals surface area contributed by atoms with E-state index in [0.29, 0.717) is 32.6 Å². The summed E-state index contributed by atoms with van der Waals surface area (Å²) in [6.45, 7) is 1.59. The Hall–Kier alpha value is -3.07. The number of hydrogen-bond acceptors (Lipinski definition) is 6. The number of aromatic nitrogens is 2. The number of sulfone groups is 1. The summed E-state index contributed by atoms with van der Waals surface area (Å²) in [5, 5.41) is 5.00. The normalized spacial score (nSPS) is 14.4. The van der Waals surface area contributed by atoms with Gasteiger partial charge in [0.1, 0.15) is 11.6 Å². The number of Topliss-reactive ketones (excluding diaryl/α,β-unsaturated/α-hetero) is 1. The smallest absolute Gasteiger partial charge is 0.257 e. The molecular formula is C28H23Cl2FN2O4S. The Kier molecular flexibility index (Phi) is 7.15. The molecule has 10 heteroatoms. The van der Waals surface area contributed by atoms with Crippen molar-refractivity contribution in [3.8, 4) is 11.5 Å². The molecule has 0 spiro atoms. The minimum absolute atomic E-state index is 0.0201. The molecule has 0 N–H and O–H groups in total. The third kappa shape index (κ3) is 5.25. The summed E-state index contributed by atoms with van der Waals surface area (Å²) >= 11 is 13.4. The van der Waals surface area contributed by atoms with Gasteiger partial charge >= 0.3 is 0 Å². The van der Waals surface area contributed by atoms with Crippen LogP contribution in [-0.2, 0) is 32.9 Å². The molecule has 1 fully saturated rings. The fourth-order valence-corrected chi connectivity index (χ4v) is 6.30. The van der Waals surface area contributed by atoms with Crippen LogP contribution in [0.25, 0.3) is 11.5 Å². The Morgan fingerprint density at radius 1 is 0.974 bits per heavy atom. The van der Waals surface area contributed by atoms with Gasteiger partial charge in [0.25, 0.3) is 5.89 Å². The van der Waals surface area contributed by atoms with Crippen molar-refractivity contribution in [1.82, 2.24) is 10.1 Å². The van der Waals surface area contributed by atoms with Crippen LogP contribution in [0.15, 0.2) is 70.1 Å². The zero-order valence-corrected chi connectivity index (χ0v) is 22.7. The van der Waals surface area contributed by atoms with E-state index in [2.05, 4.69) is 10.1 Å². The molecule has 1 aromatic heterocycles. The Morgan fingerprint density at radius 3 is 2.16 bits per heavy atom. The van der Waals surface area contributed by atoms with Crippen LogP contribution in [0.5, 0.6) is 0 Å². The first-order valence-corrected chi connectivity index (χ1v) is 14.4. The van der Waals surface area contributed by atoms with Crippen LogP contribution in [-0.4, -0.2) is 30.1 Å². The van der Waals surface area contributed by atoms with Crippen molar-refractivity contribution in [2.45, 2.75) is 42.9 Å². The van der Waals surface area contributed by atoms with Gasteiger partial charge in [-0.15, -0.1) is 0 Å². The summed E-state index contributed by atoms with van der Waals surface area (Å²) < 4.78 is 42.7. The second-order valence-electron chi connectivity index (χ2n) is 9.39. The van der Waals surface area contributed by atoms with Gasteiger partial charge in [0.15, 0.2) is 15.7 Å². The molecule has 0 aliphatic heterocycles. The summed E-state index contributed by atoms with van der Waals surface area (Å²) in [5.74, 6) is 0.342. The Balaban J connectivity index is 1.32. The highest BCUT2D eigenvalue weighted by molar-refractivity contribution is 7.91. The first kappa shape index (κ1) is 26.5. The topological polar surface area (TPSA) is 90.1 Å². The molecule has 1 aliphatic carbocycles. The van der Waals surface area contributed by atoms with Gasteiger partial charge in [0.05, 0.1) is 16.1 Å². The monoisotopic (exact) mass is 572 g/mol. The third-order valence-corrected chi connectivity index (χ3v) is 9.09. The maximum absolute atomic E-state index is 13.3. The highest BCUT2D eigenvalue weighted by Gasteiger charge is 2.52. The number of ketones is 1. The van der Waals surface area contributed by atoms with Gasteiger partial charge in [0, 0.05) is 34.0 Å². The van der Waals surface area contributed by atoms with Crippen molar-refractivity contribution in [2.24, 2.45) is 0 Å². The van der Waals surface area contributed by atoms with E-state index in [0.717, 1.165) is 18.4 Å². The molecule has 6 nitrogen and oxygen atoms in total. The van der Waals surface area contributed by atoms with E-state index in [1.807, 2.05) is 0 Å². The molecule has 4 aromatic rings. The highest BCUT2D eigenvalue weighted by atomic mass is 35.5. The molecule has 0 saturated heterocycles. The van der Waals surface area contributed by atoms with E-state index >= 15 is 0 Å². The van der Waals surface area contributed by atoms with Crippen LogP contribution in [0.4, 0.5) is 4.39 Å². The molecule has 5 rings (SSSR count). The van der Waals surface area contributed by atoms with E-state index in [-0.39, 0.29) is 41.0 Å². The molecule has 3 aromatic carbocycles. The van der Waals surface area contributed by atoms with Crippen molar-refractivity contribution in [1.29, 1.82) is 0 Å². The molecule has 0 amide bonds. The molecule has 0 atom stereocenters. The lowest BCUT2D eigenvalue weighted by atomic mass is 9.92. The van der Waals surface area contributed by atoms with Crippen LogP contribution in [0.2, 0.25) is 10.0 Å². The number of rotatable bonds is 9. The van der Waals surface area contributed by atoms with E-state index < -0.39 is 15.3 Å². The predicted molar refractivity (Wildman–Crippen MR) is 143 cm³/mol. The summed E-state index contributed by atoms with van der Waals surface area (Å²) in [6.07, 6.45) is 1.74. The van der Waals surface area contributed by atoms with E-state index in [4.69, 9.17) is 27.7 Å². The fourth-order valence-electron chi connectivity index (χ4n) is 4.52. The maximum atomic E-state index is 13.3. The van der Waals surface area contributed by atoms with Gasteiger partial charge in [-0.25, -0.2) is 12.8 Å². The van der Waals surface area contributed by atoms with E-state index in [9.17, 15) is 17.6 Å². The average Bonchev–Trinajstić information content (AvgIpc) is 3.51. The number of halogens is 3. The first-order valence-electron chi connectivity index (χ1n) is 12.0. The standard InChI is InChI=1S/C28H23Cl2FN2O4S/c1-2-38(35,36)22-9-3-17(4-10-22)13-21(34)14-18-15-23(29)25(24(30)16-18)28(11-12-28)27-32-26(37-33-27)19-5-7-20(31)8-6-19/h3-10,15-16H,2,11-14H2,1H3. The zero-order chi connectivity index (χ0) is 27.1. The van der Waals surface area contributed by atoms with Crippen molar-refractivity contribution in [3.63, 3.8) is 0 Å². The lowest BCUT2D eigenvalue weighted by molar-refractivity contribution is -0.117. The second kappa shape index (κ2) is 10.2. The van der Waals surface area contributed by atoms with E-state index in [1.165, 1.54) is 24.3 Å². The van der Waals surface area contributed by atoms with Gasteiger partial charge in [-0.1, -0.05) is 47.4 Å². The first-order chi connectivity index (χ1) is 18.1. The second-order valence-corrected chi connectivity index (χ2v) is 12.5.